The van der Waals surface area contributed by atoms with E-state index >= 15 is 0 Å². The van der Waals surface area contributed by atoms with E-state index in [-0.39, 0.29) is 36.5 Å². The molecule has 1 aliphatic carbocycles. The lowest BCUT2D eigenvalue weighted by Crippen LogP contribution is -2.48. The number of aromatic nitrogens is 1. The Morgan fingerprint density at radius 1 is 0.936 bits per heavy atom. The fourth-order valence-corrected chi connectivity index (χ4v) is 7.14. The molecule has 11 heteroatoms. The Morgan fingerprint density at radius 2 is 1.68 bits per heavy atom. The third-order valence-electron chi connectivity index (χ3n) is 9.56. The lowest BCUT2D eigenvalue weighted by Gasteiger charge is -2.38. The normalized spacial score (nSPS) is 16.8. The molecule has 0 radical (unpaired) electrons. The van der Waals surface area contributed by atoms with Crippen molar-refractivity contribution in [1.29, 1.82) is 0 Å². The molecular formula is C36H44N4O7. The summed E-state index contributed by atoms with van der Waals surface area (Å²) in [5.74, 6) is -1.77. The number of carboxylic acids is 2. The molecule has 250 valence electrons. The zero-order valence-corrected chi connectivity index (χ0v) is 27.0. The number of piperidine rings is 1. The van der Waals surface area contributed by atoms with Gasteiger partial charge >= 0.3 is 11.9 Å². The maximum Gasteiger partial charge on any atom is 0.323 e. The van der Waals surface area contributed by atoms with E-state index in [9.17, 15) is 29.4 Å². The third-order valence-corrected chi connectivity index (χ3v) is 9.56. The van der Waals surface area contributed by atoms with E-state index in [2.05, 4.69) is 9.88 Å². The summed E-state index contributed by atoms with van der Waals surface area (Å²) < 4.78 is 5.44. The highest BCUT2D eigenvalue weighted by Gasteiger charge is 2.38. The molecule has 0 spiro atoms. The van der Waals surface area contributed by atoms with Gasteiger partial charge in [-0.2, -0.15) is 0 Å². The number of aryl methyl sites for hydroxylation is 1. The van der Waals surface area contributed by atoms with Crippen molar-refractivity contribution in [2.75, 3.05) is 36.0 Å². The summed E-state index contributed by atoms with van der Waals surface area (Å²) in [6, 6.07) is 14.5. The van der Waals surface area contributed by atoms with Crippen LogP contribution in [-0.4, -0.2) is 76.1 Å². The van der Waals surface area contributed by atoms with E-state index in [0.717, 1.165) is 56.3 Å². The molecule has 11 nitrogen and oxygen atoms in total. The summed E-state index contributed by atoms with van der Waals surface area (Å²) in [7, 11) is 0. The van der Waals surface area contributed by atoms with Gasteiger partial charge in [0.1, 0.15) is 12.4 Å². The van der Waals surface area contributed by atoms with Gasteiger partial charge in [-0.3, -0.25) is 24.1 Å². The van der Waals surface area contributed by atoms with Crippen LogP contribution in [0.25, 0.3) is 0 Å². The Bertz CT molecular complexity index is 1520. The van der Waals surface area contributed by atoms with Crippen molar-refractivity contribution < 1.29 is 33.8 Å². The van der Waals surface area contributed by atoms with E-state index < -0.39 is 23.9 Å². The second kappa shape index (κ2) is 15.4. The first-order valence-corrected chi connectivity index (χ1v) is 16.5. The first kappa shape index (κ1) is 33.8. The first-order valence-electron chi connectivity index (χ1n) is 16.5. The van der Waals surface area contributed by atoms with Crippen LogP contribution in [-0.2, 0) is 20.8 Å². The van der Waals surface area contributed by atoms with Crippen LogP contribution < -0.4 is 9.80 Å². The van der Waals surface area contributed by atoms with Gasteiger partial charge in [-0.1, -0.05) is 43.5 Å². The van der Waals surface area contributed by atoms with Gasteiger partial charge < -0.3 is 24.4 Å². The van der Waals surface area contributed by atoms with Crippen molar-refractivity contribution in [2.24, 2.45) is 5.41 Å². The number of aliphatic carboxylic acids is 2. The fourth-order valence-electron chi connectivity index (χ4n) is 7.14. The number of hydrogen-bond donors (Lipinski definition) is 2. The van der Waals surface area contributed by atoms with Gasteiger partial charge in [0, 0.05) is 44.0 Å². The number of furan rings is 1. The molecule has 1 saturated heterocycles. The highest BCUT2D eigenvalue weighted by atomic mass is 16.4. The van der Waals surface area contributed by atoms with E-state index in [4.69, 9.17) is 4.42 Å². The number of nitrogens with zero attached hydrogens (tertiary/aromatic N) is 4. The predicted octanol–water partition coefficient (Wildman–Crippen LogP) is 5.57. The summed E-state index contributed by atoms with van der Waals surface area (Å²) in [5, 5.41) is 19.4. The Labute approximate surface area is 275 Å². The number of likely N-dealkylation sites (tertiary alicyclic amines) is 1. The Hall–Kier alpha value is -4.51. The van der Waals surface area contributed by atoms with Gasteiger partial charge in [0.25, 0.3) is 5.91 Å². The number of para-hydroxylation sites is 1. The second-order valence-electron chi connectivity index (χ2n) is 13.0. The van der Waals surface area contributed by atoms with Gasteiger partial charge in [0.2, 0.25) is 5.91 Å². The second-order valence-corrected chi connectivity index (χ2v) is 13.0. The average Bonchev–Trinajstić information content (AvgIpc) is 3.60. The summed E-state index contributed by atoms with van der Waals surface area (Å²) >= 11 is 0. The average molecular weight is 645 g/mol. The molecule has 1 aliphatic heterocycles. The monoisotopic (exact) mass is 644 g/mol. The van der Waals surface area contributed by atoms with E-state index in [0.29, 0.717) is 37.3 Å². The minimum Gasteiger partial charge on any atom is -0.481 e. The van der Waals surface area contributed by atoms with Crippen LogP contribution in [0.2, 0.25) is 0 Å². The summed E-state index contributed by atoms with van der Waals surface area (Å²) in [6.45, 7) is 3.65. The molecule has 2 fully saturated rings. The van der Waals surface area contributed by atoms with Crippen molar-refractivity contribution in [3.8, 4) is 0 Å². The molecule has 1 saturated carbocycles. The van der Waals surface area contributed by atoms with E-state index in [1.165, 1.54) is 11.2 Å². The number of amides is 2. The standard InChI is InChI=1S/C36H44N4O7/c1-26-11-12-31(37-24-26)40(35(46)30-10-7-21-47-30)28-14-19-38(20-15-28)18-13-27-8-3-4-9-29(27)39(25-34(44)45)32(41)22-36(23-33(42)43)16-5-2-6-17-36/h3-4,7-12,21,24,28H,2,5-6,13-20,22-23,25H2,1H3,(H,42,43)(H,44,45). The molecule has 1 aromatic carbocycles. The molecule has 2 amide bonds. The molecule has 0 unspecified atom stereocenters. The Balaban J connectivity index is 1.26. The van der Waals surface area contributed by atoms with Gasteiger partial charge in [-0.15, -0.1) is 0 Å². The number of pyridine rings is 1. The Kier molecular flexibility index (Phi) is 11.1. The fraction of sp³-hybridized carbons (Fsp3) is 0.472. The van der Waals surface area contributed by atoms with Crippen molar-refractivity contribution in [3.05, 3.63) is 77.9 Å². The van der Waals surface area contributed by atoms with Crippen molar-refractivity contribution in [2.45, 2.75) is 77.2 Å². The lowest BCUT2D eigenvalue weighted by molar-refractivity contribution is -0.142. The number of carbonyl (C=O) groups excluding carboxylic acids is 2. The predicted molar refractivity (Wildman–Crippen MR) is 176 cm³/mol. The largest absolute Gasteiger partial charge is 0.481 e. The molecule has 2 aliphatic rings. The van der Waals surface area contributed by atoms with Crippen molar-refractivity contribution >= 4 is 35.3 Å². The molecule has 2 aromatic heterocycles. The lowest BCUT2D eigenvalue weighted by atomic mass is 9.69. The van der Waals surface area contributed by atoms with Crippen LogP contribution in [0.4, 0.5) is 11.5 Å². The number of benzene rings is 1. The number of carbonyl (C=O) groups is 4. The first-order chi connectivity index (χ1) is 22.6. The van der Waals surface area contributed by atoms with Gasteiger partial charge in [-0.05, 0) is 79.8 Å². The highest BCUT2D eigenvalue weighted by Crippen LogP contribution is 2.43. The summed E-state index contributed by atoms with van der Waals surface area (Å²) in [6.07, 6.45) is 9.26. The van der Waals surface area contributed by atoms with Crippen LogP contribution in [0.3, 0.4) is 0 Å². The van der Waals surface area contributed by atoms with Gasteiger partial charge in [0.05, 0.1) is 12.7 Å². The maximum absolute atomic E-state index is 13.8. The number of hydrogen-bond acceptors (Lipinski definition) is 7. The molecular weight excluding hydrogens is 600 g/mol. The zero-order valence-electron chi connectivity index (χ0n) is 27.0. The summed E-state index contributed by atoms with van der Waals surface area (Å²) in [4.78, 5) is 60.9. The molecule has 3 aromatic rings. The third kappa shape index (κ3) is 8.65. The topological polar surface area (TPSA) is 144 Å². The molecule has 0 bridgehead atoms. The van der Waals surface area contributed by atoms with Crippen LogP contribution >= 0.6 is 0 Å². The van der Waals surface area contributed by atoms with Crippen LogP contribution in [0.5, 0.6) is 0 Å². The number of rotatable bonds is 13. The summed E-state index contributed by atoms with van der Waals surface area (Å²) in [5.41, 5.74) is 1.76. The number of carboxylic acid groups (broad SMARTS) is 2. The minimum atomic E-state index is -1.12. The van der Waals surface area contributed by atoms with Gasteiger partial charge in [-0.25, -0.2) is 4.98 Å². The zero-order chi connectivity index (χ0) is 33.4. The molecule has 2 N–H and O–H groups in total. The van der Waals surface area contributed by atoms with Crippen molar-refractivity contribution in [3.63, 3.8) is 0 Å². The van der Waals surface area contributed by atoms with E-state index in [1.54, 1.807) is 35.4 Å². The molecule has 5 rings (SSSR count). The quantitative estimate of drug-likeness (QED) is 0.244. The SMILES string of the molecule is Cc1ccc(N(C(=O)c2ccco2)C2CCN(CCc3ccccc3N(CC(=O)O)C(=O)CC3(CC(=O)O)CCCCC3)CC2)nc1. The van der Waals surface area contributed by atoms with Crippen molar-refractivity contribution in [1.82, 2.24) is 9.88 Å². The van der Waals surface area contributed by atoms with Crippen LogP contribution in [0.1, 0.15) is 79.5 Å². The molecule has 47 heavy (non-hydrogen) atoms. The van der Waals surface area contributed by atoms with Crippen LogP contribution in [0, 0.1) is 12.3 Å². The maximum atomic E-state index is 13.8. The van der Waals surface area contributed by atoms with E-state index in [1.807, 2.05) is 31.2 Å². The minimum absolute atomic E-state index is 0.0114. The smallest absolute Gasteiger partial charge is 0.323 e. The molecule has 0 atom stereocenters. The Morgan fingerprint density at radius 3 is 2.32 bits per heavy atom. The van der Waals surface area contributed by atoms with Gasteiger partial charge in [0.15, 0.2) is 5.76 Å². The molecule has 3 heterocycles. The number of anilines is 2. The van der Waals surface area contributed by atoms with Crippen LogP contribution in [0.15, 0.2) is 65.4 Å². The highest BCUT2D eigenvalue weighted by molar-refractivity contribution is 6.04.